The maximum absolute atomic E-state index is 10.3. The molecule has 80 valence electrons. The Morgan fingerprint density at radius 3 is 1.69 bits per heavy atom. The summed E-state index contributed by atoms with van der Waals surface area (Å²) in [6.07, 6.45) is 1.76. The van der Waals surface area contributed by atoms with Crippen LogP contribution >= 0.6 is 0 Å². The number of aliphatic hydroxyl groups is 1. The van der Waals surface area contributed by atoms with Crippen LogP contribution in [0.1, 0.15) is 40.5 Å². The lowest BCUT2D eigenvalue weighted by Gasteiger charge is -2.31. The zero-order valence-corrected chi connectivity index (χ0v) is 9.72. The van der Waals surface area contributed by atoms with Gasteiger partial charge in [-0.1, -0.05) is 27.7 Å². The Hall–Kier alpha value is -0.0800. The highest BCUT2D eigenvalue weighted by Gasteiger charge is 2.27. The Balaban J connectivity index is 4.15. The fourth-order valence-corrected chi connectivity index (χ4v) is 2.08. The van der Waals surface area contributed by atoms with Crippen LogP contribution in [0.4, 0.5) is 0 Å². The molecule has 2 N–H and O–H groups in total. The molecule has 0 fully saturated rings. The molecule has 0 unspecified atom stereocenters. The first-order valence-corrected chi connectivity index (χ1v) is 5.26. The summed E-state index contributed by atoms with van der Waals surface area (Å²) in [5.74, 6) is 1.11. The van der Waals surface area contributed by atoms with Crippen molar-refractivity contribution >= 4 is 0 Å². The van der Waals surface area contributed by atoms with Crippen LogP contribution < -0.4 is 5.32 Å². The lowest BCUT2D eigenvalue weighted by Crippen LogP contribution is -2.41. The van der Waals surface area contributed by atoms with Gasteiger partial charge in [-0.3, -0.25) is 0 Å². The van der Waals surface area contributed by atoms with Crippen molar-refractivity contribution in [2.45, 2.75) is 46.1 Å². The topological polar surface area (TPSA) is 32.3 Å². The average molecular weight is 187 g/mol. The molecule has 0 bridgehead atoms. The molecule has 0 aromatic carbocycles. The van der Waals surface area contributed by atoms with Gasteiger partial charge in [0.2, 0.25) is 0 Å². The van der Waals surface area contributed by atoms with Crippen molar-refractivity contribution in [3.63, 3.8) is 0 Å². The van der Waals surface area contributed by atoms with E-state index < -0.39 is 5.60 Å². The van der Waals surface area contributed by atoms with E-state index >= 15 is 0 Å². The van der Waals surface area contributed by atoms with Crippen molar-refractivity contribution in [1.29, 1.82) is 0 Å². The maximum Gasteiger partial charge on any atom is 0.0776 e. The molecule has 0 aliphatic carbocycles. The molecule has 0 aliphatic rings. The summed E-state index contributed by atoms with van der Waals surface area (Å²) in [5.41, 5.74) is -0.517. The number of hydrogen-bond acceptors (Lipinski definition) is 2. The minimum absolute atomic E-state index is 0.517. The molecular formula is C11H25NO. The zero-order chi connectivity index (χ0) is 10.5. The molecule has 0 rings (SSSR count). The van der Waals surface area contributed by atoms with Crippen molar-refractivity contribution in [1.82, 2.24) is 5.32 Å². The fraction of sp³-hybridized carbons (Fsp3) is 1.00. The highest BCUT2D eigenvalue weighted by molar-refractivity contribution is 4.82. The molecule has 0 saturated heterocycles. The van der Waals surface area contributed by atoms with E-state index in [9.17, 15) is 5.11 Å². The predicted octanol–water partition coefficient (Wildman–Crippen LogP) is 2.03. The van der Waals surface area contributed by atoms with Crippen molar-refractivity contribution < 1.29 is 5.11 Å². The third-order valence-electron chi connectivity index (χ3n) is 2.08. The lowest BCUT2D eigenvalue weighted by molar-refractivity contribution is 0.00285. The van der Waals surface area contributed by atoms with E-state index in [2.05, 4.69) is 33.0 Å². The van der Waals surface area contributed by atoms with Crippen LogP contribution in [0.5, 0.6) is 0 Å². The number of hydrogen-bond donors (Lipinski definition) is 2. The number of likely N-dealkylation sites (N-methyl/N-ethyl adjacent to an activating group) is 1. The first kappa shape index (κ1) is 12.9. The molecule has 0 aliphatic heterocycles. The highest BCUT2D eigenvalue weighted by Crippen LogP contribution is 2.23. The summed E-state index contributed by atoms with van der Waals surface area (Å²) in [4.78, 5) is 0. The Bertz CT molecular complexity index is 122. The van der Waals surface area contributed by atoms with Gasteiger partial charge in [0.1, 0.15) is 0 Å². The second-order valence-corrected chi connectivity index (χ2v) is 4.95. The van der Waals surface area contributed by atoms with Gasteiger partial charge in [0, 0.05) is 6.54 Å². The summed E-state index contributed by atoms with van der Waals surface area (Å²) < 4.78 is 0. The van der Waals surface area contributed by atoms with Gasteiger partial charge in [0.15, 0.2) is 0 Å². The van der Waals surface area contributed by atoms with Crippen molar-refractivity contribution in [2.24, 2.45) is 11.8 Å². The lowest BCUT2D eigenvalue weighted by atomic mass is 9.85. The highest BCUT2D eigenvalue weighted by atomic mass is 16.3. The Kier molecular flexibility index (Phi) is 5.57. The van der Waals surface area contributed by atoms with E-state index in [0.29, 0.717) is 18.4 Å². The van der Waals surface area contributed by atoms with Gasteiger partial charge in [-0.2, -0.15) is 0 Å². The molecule has 0 amide bonds. The van der Waals surface area contributed by atoms with Crippen molar-refractivity contribution in [3.05, 3.63) is 0 Å². The largest absolute Gasteiger partial charge is 0.389 e. The van der Waals surface area contributed by atoms with Crippen LogP contribution in [0.25, 0.3) is 0 Å². The smallest absolute Gasteiger partial charge is 0.0776 e. The second kappa shape index (κ2) is 5.61. The van der Waals surface area contributed by atoms with Crippen molar-refractivity contribution in [2.75, 3.05) is 13.6 Å². The molecule has 2 nitrogen and oxygen atoms in total. The Labute approximate surface area is 82.7 Å². The van der Waals surface area contributed by atoms with Crippen LogP contribution in [0.2, 0.25) is 0 Å². The molecule has 0 radical (unpaired) electrons. The second-order valence-electron chi connectivity index (χ2n) is 4.95. The molecule has 0 heterocycles. The number of nitrogens with one attached hydrogen (secondary N) is 1. The summed E-state index contributed by atoms with van der Waals surface area (Å²) >= 11 is 0. The molecule has 0 saturated carbocycles. The monoisotopic (exact) mass is 187 g/mol. The first-order valence-electron chi connectivity index (χ1n) is 5.26. The van der Waals surface area contributed by atoms with Gasteiger partial charge in [-0.15, -0.1) is 0 Å². The van der Waals surface area contributed by atoms with Gasteiger partial charge >= 0.3 is 0 Å². The maximum atomic E-state index is 10.3. The third kappa shape index (κ3) is 6.05. The Morgan fingerprint density at radius 1 is 1.08 bits per heavy atom. The van der Waals surface area contributed by atoms with E-state index in [1.165, 1.54) is 0 Å². The SMILES string of the molecule is CNCC(O)(CC(C)C)CC(C)C. The molecule has 2 heteroatoms. The summed E-state index contributed by atoms with van der Waals surface area (Å²) in [6.45, 7) is 9.31. The van der Waals surface area contributed by atoms with Gasteiger partial charge in [0.05, 0.1) is 5.60 Å². The molecule has 0 aromatic heterocycles. The van der Waals surface area contributed by atoms with E-state index in [1.54, 1.807) is 0 Å². The van der Waals surface area contributed by atoms with Crippen LogP contribution in [0, 0.1) is 11.8 Å². The van der Waals surface area contributed by atoms with Crippen LogP contribution in [0.15, 0.2) is 0 Å². The quantitative estimate of drug-likeness (QED) is 0.667. The molecular weight excluding hydrogens is 162 g/mol. The number of rotatable bonds is 6. The summed E-state index contributed by atoms with van der Waals surface area (Å²) in [5, 5.41) is 13.4. The zero-order valence-electron chi connectivity index (χ0n) is 9.72. The fourth-order valence-electron chi connectivity index (χ4n) is 2.08. The summed E-state index contributed by atoms with van der Waals surface area (Å²) in [7, 11) is 1.89. The van der Waals surface area contributed by atoms with Gasteiger partial charge in [0.25, 0.3) is 0 Å². The average Bonchev–Trinajstić information content (AvgIpc) is 1.81. The normalized spacial score (nSPS) is 12.9. The van der Waals surface area contributed by atoms with Crippen LogP contribution in [-0.4, -0.2) is 24.3 Å². The molecule has 13 heavy (non-hydrogen) atoms. The van der Waals surface area contributed by atoms with Gasteiger partial charge in [-0.05, 0) is 31.7 Å². The molecule has 0 spiro atoms. The minimum Gasteiger partial charge on any atom is -0.389 e. The van der Waals surface area contributed by atoms with Gasteiger partial charge in [-0.25, -0.2) is 0 Å². The molecule has 0 atom stereocenters. The van der Waals surface area contributed by atoms with Gasteiger partial charge < -0.3 is 10.4 Å². The van der Waals surface area contributed by atoms with Crippen LogP contribution in [-0.2, 0) is 0 Å². The summed E-state index contributed by atoms with van der Waals surface area (Å²) in [6, 6.07) is 0. The first-order chi connectivity index (χ1) is 5.89. The Morgan fingerprint density at radius 2 is 1.46 bits per heavy atom. The van der Waals surface area contributed by atoms with E-state index in [4.69, 9.17) is 0 Å². The molecule has 0 aromatic rings. The van der Waals surface area contributed by atoms with Crippen LogP contribution in [0.3, 0.4) is 0 Å². The minimum atomic E-state index is -0.517. The van der Waals surface area contributed by atoms with E-state index in [-0.39, 0.29) is 0 Å². The van der Waals surface area contributed by atoms with Crippen molar-refractivity contribution in [3.8, 4) is 0 Å². The standard InChI is InChI=1S/C11H25NO/c1-9(2)6-11(13,8-12-5)7-10(3)4/h9-10,12-13H,6-8H2,1-5H3. The third-order valence-corrected chi connectivity index (χ3v) is 2.08. The van der Waals surface area contributed by atoms with E-state index in [1.807, 2.05) is 7.05 Å². The predicted molar refractivity (Wildman–Crippen MR) is 57.8 cm³/mol. The van der Waals surface area contributed by atoms with E-state index in [0.717, 1.165) is 12.8 Å².